The van der Waals surface area contributed by atoms with Crippen LogP contribution < -0.4 is 10.1 Å². The number of rotatable bonds is 3. The molecule has 2 nitrogen and oxygen atoms in total. The predicted molar refractivity (Wildman–Crippen MR) is 67.5 cm³/mol. The van der Waals surface area contributed by atoms with E-state index in [0.717, 1.165) is 37.1 Å². The van der Waals surface area contributed by atoms with Gasteiger partial charge in [-0.15, -0.1) is 0 Å². The Morgan fingerprint density at radius 3 is 2.50 bits per heavy atom. The summed E-state index contributed by atoms with van der Waals surface area (Å²) in [7, 11) is 1.48. The molecule has 0 spiro atoms. The van der Waals surface area contributed by atoms with Crippen LogP contribution in [-0.4, -0.2) is 20.2 Å². The fraction of sp³-hybridized carbons (Fsp3) is 0.571. The fourth-order valence-corrected chi connectivity index (χ4v) is 2.73. The Bertz CT molecular complexity index is 415. The van der Waals surface area contributed by atoms with E-state index in [1.54, 1.807) is 6.07 Å². The molecule has 0 amide bonds. The second-order valence-corrected chi connectivity index (χ2v) is 4.74. The van der Waals surface area contributed by atoms with Gasteiger partial charge in [-0.2, -0.15) is 0 Å². The van der Waals surface area contributed by atoms with Gasteiger partial charge in [0.05, 0.1) is 12.7 Å². The van der Waals surface area contributed by atoms with E-state index >= 15 is 0 Å². The molecular formula is C14H19F2NO. The smallest absolute Gasteiger partial charge is 0.267 e. The number of ether oxygens (including phenoxy) is 1. The molecule has 0 radical (unpaired) electrons. The first-order chi connectivity index (χ1) is 8.65. The van der Waals surface area contributed by atoms with E-state index in [4.69, 9.17) is 4.74 Å². The second kappa shape index (κ2) is 5.65. The molecule has 1 N–H and O–H groups in total. The van der Waals surface area contributed by atoms with Crippen LogP contribution in [0.15, 0.2) is 12.1 Å². The number of piperidine rings is 1. The third-order valence-electron chi connectivity index (χ3n) is 3.63. The molecule has 0 atom stereocenters. The quantitative estimate of drug-likeness (QED) is 0.893. The van der Waals surface area contributed by atoms with Gasteiger partial charge in [0, 0.05) is 5.56 Å². The maximum absolute atomic E-state index is 13.0. The van der Waals surface area contributed by atoms with Crippen LogP contribution in [0, 0.1) is 6.92 Å². The number of alkyl halides is 2. The van der Waals surface area contributed by atoms with Crippen LogP contribution in [0.2, 0.25) is 0 Å². The van der Waals surface area contributed by atoms with E-state index in [-0.39, 0.29) is 5.56 Å². The molecule has 0 unspecified atom stereocenters. The molecule has 1 saturated heterocycles. The van der Waals surface area contributed by atoms with Gasteiger partial charge in [-0.1, -0.05) is 6.07 Å². The summed E-state index contributed by atoms with van der Waals surface area (Å²) in [6.07, 6.45) is -0.533. The molecule has 0 bridgehead atoms. The van der Waals surface area contributed by atoms with Gasteiger partial charge in [-0.05, 0) is 50.4 Å². The number of halogens is 2. The number of methoxy groups -OCH3 is 1. The molecule has 1 aliphatic heterocycles. The molecule has 100 valence electrons. The summed E-state index contributed by atoms with van der Waals surface area (Å²) in [4.78, 5) is 0. The van der Waals surface area contributed by atoms with Crippen LogP contribution in [-0.2, 0) is 0 Å². The highest BCUT2D eigenvalue weighted by atomic mass is 19.3. The van der Waals surface area contributed by atoms with Gasteiger partial charge >= 0.3 is 0 Å². The monoisotopic (exact) mass is 255 g/mol. The lowest BCUT2D eigenvalue weighted by atomic mass is 9.85. The average molecular weight is 255 g/mol. The summed E-state index contributed by atoms with van der Waals surface area (Å²) < 4.78 is 31.3. The minimum atomic E-state index is -2.49. The Morgan fingerprint density at radius 1 is 1.28 bits per heavy atom. The van der Waals surface area contributed by atoms with Crippen molar-refractivity contribution in [2.45, 2.75) is 32.1 Å². The lowest BCUT2D eigenvalue weighted by Gasteiger charge is -2.27. The zero-order chi connectivity index (χ0) is 13.1. The van der Waals surface area contributed by atoms with E-state index < -0.39 is 6.43 Å². The number of aryl methyl sites for hydroxylation is 1. The van der Waals surface area contributed by atoms with Crippen molar-refractivity contribution in [3.05, 3.63) is 28.8 Å². The molecule has 1 aromatic carbocycles. The zero-order valence-corrected chi connectivity index (χ0v) is 10.8. The fourth-order valence-electron chi connectivity index (χ4n) is 2.73. The largest absolute Gasteiger partial charge is 0.496 e. The van der Waals surface area contributed by atoms with Gasteiger partial charge in [0.2, 0.25) is 0 Å². The van der Waals surface area contributed by atoms with Crippen molar-refractivity contribution in [2.75, 3.05) is 20.2 Å². The van der Waals surface area contributed by atoms with Crippen molar-refractivity contribution in [1.29, 1.82) is 0 Å². The van der Waals surface area contributed by atoms with Gasteiger partial charge < -0.3 is 10.1 Å². The molecule has 1 heterocycles. The minimum absolute atomic E-state index is 0.0108. The summed E-state index contributed by atoms with van der Waals surface area (Å²) in [6.45, 7) is 3.84. The molecular weight excluding hydrogens is 236 g/mol. The topological polar surface area (TPSA) is 21.3 Å². The summed E-state index contributed by atoms with van der Waals surface area (Å²) >= 11 is 0. The van der Waals surface area contributed by atoms with Crippen LogP contribution in [0.5, 0.6) is 5.75 Å². The van der Waals surface area contributed by atoms with Crippen molar-refractivity contribution in [1.82, 2.24) is 5.32 Å². The van der Waals surface area contributed by atoms with Crippen molar-refractivity contribution >= 4 is 0 Å². The summed E-state index contributed by atoms with van der Waals surface area (Å²) in [5, 5.41) is 3.29. The van der Waals surface area contributed by atoms with Crippen LogP contribution in [0.4, 0.5) is 8.78 Å². The third-order valence-corrected chi connectivity index (χ3v) is 3.63. The number of benzene rings is 1. The molecule has 0 aliphatic carbocycles. The number of hydrogen-bond acceptors (Lipinski definition) is 2. The van der Waals surface area contributed by atoms with Gasteiger partial charge in [-0.25, -0.2) is 8.78 Å². The minimum Gasteiger partial charge on any atom is -0.496 e. The van der Waals surface area contributed by atoms with Crippen LogP contribution >= 0.6 is 0 Å². The molecule has 18 heavy (non-hydrogen) atoms. The molecule has 1 aliphatic rings. The lowest BCUT2D eigenvalue weighted by Crippen LogP contribution is -2.27. The van der Waals surface area contributed by atoms with Gasteiger partial charge in [0.1, 0.15) is 5.75 Å². The van der Waals surface area contributed by atoms with Gasteiger partial charge in [-0.3, -0.25) is 0 Å². The maximum atomic E-state index is 13.0. The van der Waals surface area contributed by atoms with Crippen LogP contribution in [0.3, 0.4) is 0 Å². The van der Waals surface area contributed by atoms with E-state index in [9.17, 15) is 8.78 Å². The Morgan fingerprint density at radius 2 is 1.94 bits per heavy atom. The molecule has 0 saturated carbocycles. The van der Waals surface area contributed by atoms with Gasteiger partial charge in [0.15, 0.2) is 0 Å². The van der Waals surface area contributed by atoms with Crippen molar-refractivity contribution in [3.63, 3.8) is 0 Å². The van der Waals surface area contributed by atoms with Crippen LogP contribution in [0.25, 0.3) is 0 Å². The summed E-state index contributed by atoms with van der Waals surface area (Å²) in [5.41, 5.74) is 2.02. The number of nitrogens with one attached hydrogen (secondary N) is 1. The molecule has 4 heteroatoms. The highest BCUT2D eigenvalue weighted by Gasteiger charge is 2.25. The normalized spacial score (nSPS) is 17.2. The first-order valence-electron chi connectivity index (χ1n) is 6.31. The summed E-state index contributed by atoms with van der Waals surface area (Å²) in [6, 6.07) is 3.25. The molecule has 1 fully saturated rings. The average Bonchev–Trinajstić information content (AvgIpc) is 2.38. The zero-order valence-electron chi connectivity index (χ0n) is 10.8. The van der Waals surface area contributed by atoms with Crippen molar-refractivity contribution in [2.24, 2.45) is 0 Å². The van der Waals surface area contributed by atoms with Crippen molar-refractivity contribution < 1.29 is 13.5 Å². The van der Waals surface area contributed by atoms with E-state index in [2.05, 4.69) is 5.32 Å². The van der Waals surface area contributed by atoms with E-state index in [1.165, 1.54) is 13.2 Å². The standard InChI is InChI=1S/C14H19F2NO/c1-9-3-4-11(14(15)16)13(18-2)12(9)10-5-7-17-8-6-10/h3-4,10,14,17H,5-8H2,1-2H3. The Hall–Kier alpha value is -1.16. The van der Waals surface area contributed by atoms with Gasteiger partial charge in [0.25, 0.3) is 6.43 Å². The maximum Gasteiger partial charge on any atom is 0.267 e. The summed E-state index contributed by atoms with van der Waals surface area (Å²) in [5.74, 6) is 0.705. The Balaban J connectivity index is 2.45. The second-order valence-electron chi connectivity index (χ2n) is 4.74. The Kier molecular flexibility index (Phi) is 4.17. The first kappa shape index (κ1) is 13.3. The lowest BCUT2D eigenvalue weighted by molar-refractivity contribution is 0.146. The Labute approximate surface area is 106 Å². The highest BCUT2D eigenvalue weighted by Crippen LogP contribution is 2.40. The predicted octanol–water partition coefficient (Wildman–Crippen LogP) is 3.41. The highest BCUT2D eigenvalue weighted by molar-refractivity contribution is 5.49. The molecule has 2 rings (SSSR count). The number of hydrogen-bond donors (Lipinski definition) is 1. The van der Waals surface area contributed by atoms with E-state index in [0.29, 0.717) is 11.7 Å². The van der Waals surface area contributed by atoms with E-state index in [1.807, 2.05) is 6.92 Å². The van der Waals surface area contributed by atoms with Crippen molar-refractivity contribution in [3.8, 4) is 5.75 Å². The molecule has 1 aromatic rings. The SMILES string of the molecule is COc1c(C(F)F)ccc(C)c1C1CCNCC1. The first-order valence-corrected chi connectivity index (χ1v) is 6.31. The van der Waals surface area contributed by atoms with Crippen LogP contribution in [0.1, 0.15) is 41.9 Å². The molecule has 0 aromatic heterocycles. The third kappa shape index (κ3) is 2.48.